The van der Waals surface area contributed by atoms with E-state index in [1.807, 2.05) is 31.2 Å². The fourth-order valence-corrected chi connectivity index (χ4v) is 4.96. The monoisotopic (exact) mass is 461 g/mol. The van der Waals surface area contributed by atoms with E-state index in [-0.39, 0.29) is 0 Å². The van der Waals surface area contributed by atoms with Gasteiger partial charge in [-0.3, -0.25) is 0 Å². The van der Waals surface area contributed by atoms with Gasteiger partial charge in [0.15, 0.2) is 5.58 Å². The average molecular weight is 462 g/mol. The van der Waals surface area contributed by atoms with E-state index in [2.05, 4.69) is 73.0 Å². The number of furan rings is 2. The third-order valence-electron chi connectivity index (χ3n) is 6.69. The Morgan fingerprint density at radius 2 is 1.49 bits per heavy atom. The van der Waals surface area contributed by atoms with E-state index >= 15 is 0 Å². The van der Waals surface area contributed by atoms with Crippen LogP contribution in [0.3, 0.4) is 0 Å². The van der Waals surface area contributed by atoms with Gasteiger partial charge in [0.2, 0.25) is 5.71 Å². The molecule has 174 valence electrons. The molecule has 0 radical (unpaired) electrons. The zero-order chi connectivity index (χ0) is 24.3. The second-order valence-corrected chi connectivity index (χ2v) is 9.76. The molecule has 0 spiro atoms. The molecule has 35 heavy (non-hydrogen) atoms. The van der Waals surface area contributed by atoms with Crippen LogP contribution in [0.5, 0.6) is 0 Å². The molecule has 0 atom stereocenters. The number of hydrogen-bond donors (Lipinski definition) is 0. The Hall–Kier alpha value is -3.99. The van der Waals surface area contributed by atoms with Gasteiger partial charge in [-0.1, -0.05) is 58.0 Å². The SMILES string of the molecule is Cc1ccc2c(n1)oc1c(-c3ncnc4cc(-c5c(C(C)C)cccc5C(C)C)oc34)cccc12. The van der Waals surface area contributed by atoms with Crippen LogP contribution in [0.25, 0.3) is 55.7 Å². The van der Waals surface area contributed by atoms with Crippen LogP contribution >= 0.6 is 0 Å². The van der Waals surface area contributed by atoms with E-state index in [4.69, 9.17) is 8.83 Å². The number of rotatable bonds is 4. The lowest BCUT2D eigenvalue weighted by Crippen LogP contribution is -1.98. The molecular weight excluding hydrogens is 434 g/mol. The molecule has 4 heterocycles. The molecule has 0 aliphatic heterocycles. The van der Waals surface area contributed by atoms with Gasteiger partial charge in [-0.25, -0.2) is 15.0 Å². The Morgan fingerprint density at radius 1 is 0.743 bits per heavy atom. The molecule has 0 N–H and O–H groups in total. The Bertz CT molecular complexity index is 1700. The minimum absolute atomic E-state index is 0.364. The number of para-hydroxylation sites is 1. The molecule has 2 aromatic carbocycles. The maximum atomic E-state index is 6.58. The van der Waals surface area contributed by atoms with Crippen LogP contribution in [0.1, 0.15) is 56.4 Å². The number of pyridine rings is 1. The first-order valence-electron chi connectivity index (χ1n) is 12.1. The van der Waals surface area contributed by atoms with Crippen LogP contribution in [-0.2, 0) is 0 Å². The maximum Gasteiger partial charge on any atom is 0.227 e. The fraction of sp³-hybridized carbons (Fsp3) is 0.233. The van der Waals surface area contributed by atoms with Gasteiger partial charge in [-0.15, -0.1) is 0 Å². The van der Waals surface area contributed by atoms with Crippen molar-refractivity contribution in [3.8, 4) is 22.6 Å². The Morgan fingerprint density at radius 3 is 2.23 bits per heavy atom. The molecule has 5 heteroatoms. The summed E-state index contributed by atoms with van der Waals surface area (Å²) in [4.78, 5) is 13.8. The number of aryl methyl sites for hydroxylation is 1. The zero-order valence-corrected chi connectivity index (χ0v) is 20.6. The minimum atomic E-state index is 0.364. The van der Waals surface area contributed by atoms with E-state index in [1.54, 1.807) is 6.33 Å². The van der Waals surface area contributed by atoms with Gasteiger partial charge < -0.3 is 8.83 Å². The van der Waals surface area contributed by atoms with Gasteiger partial charge in [0.1, 0.15) is 28.9 Å². The highest BCUT2D eigenvalue weighted by molar-refractivity contribution is 6.10. The zero-order valence-electron chi connectivity index (χ0n) is 20.6. The Labute approximate surface area is 203 Å². The highest BCUT2D eigenvalue weighted by atomic mass is 16.3. The number of aromatic nitrogens is 3. The normalized spacial score (nSPS) is 12.1. The predicted octanol–water partition coefficient (Wildman–Crippen LogP) is 8.41. The maximum absolute atomic E-state index is 6.58. The fourth-order valence-electron chi connectivity index (χ4n) is 4.96. The Kier molecular flexibility index (Phi) is 4.95. The first-order valence-corrected chi connectivity index (χ1v) is 12.1. The van der Waals surface area contributed by atoms with Crippen LogP contribution in [0.4, 0.5) is 0 Å². The van der Waals surface area contributed by atoms with Crippen LogP contribution in [0.2, 0.25) is 0 Å². The topological polar surface area (TPSA) is 65.0 Å². The van der Waals surface area contributed by atoms with Gasteiger partial charge in [-0.2, -0.15) is 0 Å². The molecule has 5 nitrogen and oxygen atoms in total. The number of fused-ring (bicyclic) bond motifs is 4. The third kappa shape index (κ3) is 3.42. The number of hydrogen-bond acceptors (Lipinski definition) is 5. The van der Waals surface area contributed by atoms with E-state index in [9.17, 15) is 0 Å². The van der Waals surface area contributed by atoms with E-state index in [0.717, 1.165) is 50.1 Å². The second kappa shape index (κ2) is 8.05. The predicted molar refractivity (Wildman–Crippen MR) is 141 cm³/mol. The molecule has 6 aromatic rings. The highest BCUT2D eigenvalue weighted by Crippen LogP contribution is 2.41. The molecule has 0 saturated heterocycles. The summed E-state index contributed by atoms with van der Waals surface area (Å²) >= 11 is 0. The summed E-state index contributed by atoms with van der Waals surface area (Å²) < 4.78 is 12.8. The van der Waals surface area contributed by atoms with Crippen molar-refractivity contribution in [2.24, 2.45) is 0 Å². The molecule has 0 amide bonds. The lowest BCUT2D eigenvalue weighted by Gasteiger charge is -2.17. The summed E-state index contributed by atoms with van der Waals surface area (Å²) in [5.41, 5.74) is 9.02. The lowest BCUT2D eigenvalue weighted by atomic mass is 9.87. The molecule has 0 bridgehead atoms. The van der Waals surface area contributed by atoms with Crippen LogP contribution in [-0.4, -0.2) is 15.0 Å². The summed E-state index contributed by atoms with van der Waals surface area (Å²) in [7, 11) is 0. The van der Waals surface area contributed by atoms with Gasteiger partial charge in [0.05, 0.1) is 0 Å². The van der Waals surface area contributed by atoms with Gasteiger partial charge >= 0.3 is 0 Å². The van der Waals surface area contributed by atoms with Crippen molar-refractivity contribution in [2.45, 2.75) is 46.5 Å². The van der Waals surface area contributed by atoms with E-state index in [1.165, 1.54) is 11.1 Å². The summed E-state index contributed by atoms with van der Waals surface area (Å²) in [5, 5.41) is 2.00. The highest BCUT2D eigenvalue weighted by Gasteiger charge is 2.22. The number of benzene rings is 2. The lowest BCUT2D eigenvalue weighted by molar-refractivity contribution is 0.625. The molecule has 0 fully saturated rings. The first kappa shape index (κ1) is 21.5. The summed E-state index contributed by atoms with van der Waals surface area (Å²) in [6.07, 6.45) is 1.60. The van der Waals surface area contributed by atoms with Gasteiger partial charge in [0, 0.05) is 33.7 Å². The smallest absolute Gasteiger partial charge is 0.227 e. The van der Waals surface area contributed by atoms with Crippen molar-refractivity contribution < 1.29 is 8.83 Å². The summed E-state index contributed by atoms with van der Waals surface area (Å²) in [6.45, 7) is 10.8. The van der Waals surface area contributed by atoms with Crippen molar-refractivity contribution in [3.63, 3.8) is 0 Å². The minimum Gasteiger partial charge on any atom is -0.452 e. The molecule has 0 aliphatic carbocycles. The molecule has 0 aliphatic rings. The van der Waals surface area contributed by atoms with Crippen molar-refractivity contribution in [1.29, 1.82) is 0 Å². The Balaban J connectivity index is 1.61. The van der Waals surface area contributed by atoms with Crippen molar-refractivity contribution in [1.82, 2.24) is 15.0 Å². The van der Waals surface area contributed by atoms with Crippen molar-refractivity contribution in [3.05, 3.63) is 77.7 Å². The first-order chi connectivity index (χ1) is 16.9. The molecule has 4 aromatic heterocycles. The third-order valence-corrected chi connectivity index (χ3v) is 6.69. The molecule has 0 unspecified atom stereocenters. The number of nitrogens with zero attached hydrogens (tertiary/aromatic N) is 3. The van der Waals surface area contributed by atoms with Crippen molar-refractivity contribution in [2.75, 3.05) is 0 Å². The summed E-state index contributed by atoms with van der Waals surface area (Å²) in [6, 6.07) is 18.7. The van der Waals surface area contributed by atoms with Gasteiger partial charge in [0.25, 0.3) is 0 Å². The second-order valence-electron chi connectivity index (χ2n) is 9.76. The molecule has 0 saturated carbocycles. The van der Waals surface area contributed by atoms with E-state index in [0.29, 0.717) is 23.1 Å². The van der Waals surface area contributed by atoms with Crippen molar-refractivity contribution >= 4 is 33.2 Å². The average Bonchev–Trinajstić information content (AvgIpc) is 3.44. The largest absolute Gasteiger partial charge is 0.452 e. The quantitative estimate of drug-likeness (QED) is 0.264. The van der Waals surface area contributed by atoms with Gasteiger partial charge in [-0.05, 0) is 48.1 Å². The van der Waals surface area contributed by atoms with Crippen LogP contribution in [0, 0.1) is 6.92 Å². The van der Waals surface area contributed by atoms with Crippen LogP contribution < -0.4 is 0 Å². The summed E-state index contributed by atoms with van der Waals surface area (Å²) in [5.74, 6) is 1.55. The van der Waals surface area contributed by atoms with Crippen LogP contribution in [0.15, 0.2) is 69.8 Å². The molecular formula is C30H27N3O2. The van der Waals surface area contributed by atoms with E-state index < -0.39 is 0 Å². The molecule has 6 rings (SSSR count). The standard InChI is InChI=1S/C30H27N3O2/c1-16(2)19-8-6-9-20(17(3)4)26(19)25-14-24-29(34-25)27(32-15-31-24)23-11-7-10-21-22-13-12-18(5)33-30(22)35-28(21)23/h6-17H,1-5H3.